The van der Waals surface area contributed by atoms with E-state index in [1.165, 1.54) is 23.5 Å². The number of rotatable bonds is 4. The summed E-state index contributed by atoms with van der Waals surface area (Å²) in [5, 5.41) is 0. The maximum absolute atomic E-state index is 12.8. The van der Waals surface area contributed by atoms with Crippen molar-refractivity contribution in [3.8, 4) is 0 Å². The zero-order chi connectivity index (χ0) is 14.8. The van der Waals surface area contributed by atoms with Crippen molar-refractivity contribution < 1.29 is 12.8 Å². The summed E-state index contributed by atoms with van der Waals surface area (Å²) in [6.45, 7) is 2.01. The minimum absolute atomic E-state index is 0.0639. The molecule has 1 aromatic carbocycles. The Hall–Kier alpha value is -1.79. The van der Waals surface area contributed by atoms with Gasteiger partial charge >= 0.3 is 0 Å². The van der Waals surface area contributed by atoms with Gasteiger partial charge in [0.05, 0.1) is 17.1 Å². The first kappa shape index (κ1) is 14.6. The van der Waals surface area contributed by atoms with Crippen molar-refractivity contribution in [3.05, 3.63) is 59.7 Å². The number of halogens is 1. The van der Waals surface area contributed by atoms with E-state index >= 15 is 0 Å². The number of nitrogens with zero attached hydrogens (tertiary/aromatic N) is 2. The van der Waals surface area contributed by atoms with Crippen molar-refractivity contribution in [2.45, 2.75) is 18.4 Å². The topological polar surface area (TPSA) is 50.3 Å². The molecule has 0 atom stereocenters. The van der Waals surface area contributed by atoms with Crippen LogP contribution < -0.4 is 0 Å². The van der Waals surface area contributed by atoms with Gasteiger partial charge < -0.3 is 0 Å². The van der Waals surface area contributed by atoms with E-state index in [9.17, 15) is 12.8 Å². The molecular formula is C14H15FN2O2S. The molecule has 106 valence electrons. The smallest absolute Gasteiger partial charge is 0.243 e. The second kappa shape index (κ2) is 5.68. The van der Waals surface area contributed by atoms with E-state index in [0.717, 1.165) is 17.8 Å². The number of benzene rings is 1. The Morgan fingerprint density at radius 1 is 1.15 bits per heavy atom. The molecule has 0 bridgehead atoms. The van der Waals surface area contributed by atoms with Gasteiger partial charge in [-0.1, -0.05) is 6.07 Å². The van der Waals surface area contributed by atoms with Gasteiger partial charge in [0.1, 0.15) is 5.82 Å². The van der Waals surface area contributed by atoms with Crippen LogP contribution in [0.15, 0.2) is 47.4 Å². The van der Waals surface area contributed by atoms with Gasteiger partial charge in [0.15, 0.2) is 0 Å². The second-order valence-corrected chi connectivity index (χ2v) is 6.53. The van der Waals surface area contributed by atoms with Crippen molar-refractivity contribution >= 4 is 10.0 Å². The lowest BCUT2D eigenvalue weighted by Gasteiger charge is -2.17. The number of aryl methyl sites for hydroxylation is 1. The van der Waals surface area contributed by atoms with Crippen LogP contribution in [-0.4, -0.2) is 24.8 Å². The van der Waals surface area contributed by atoms with Crippen molar-refractivity contribution in [1.82, 2.24) is 9.29 Å². The first-order valence-corrected chi connectivity index (χ1v) is 7.48. The molecular weight excluding hydrogens is 279 g/mol. The molecule has 0 saturated heterocycles. The van der Waals surface area contributed by atoms with Gasteiger partial charge in [-0.3, -0.25) is 4.98 Å². The summed E-state index contributed by atoms with van der Waals surface area (Å²) >= 11 is 0. The molecule has 0 spiro atoms. The van der Waals surface area contributed by atoms with E-state index in [4.69, 9.17) is 0 Å². The van der Waals surface area contributed by atoms with Crippen LogP contribution in [0.4, 0.5) is 4.39 Å². The highest BCUT2D eigenvalue weighted by molar-refractivity contribution is 7.89. The Kier molecular flexibility index (Phi) is 4.15. The van der Waals surface area contributed by atoms with Crippen LogP contribution in [0.2, 0.25) is 0 Å². The summed E-state index contributed by atoms with van der Waals surface area (Å²) in [5.41, 5.74) is 1.49. The maximum Gasteiger partial charge on any atom is 0.243 e. The van der Waals surface area contributed by atoms with E-state index in [-0.39, 0.29) is 11.4 Å². The Balaban J connectivity index is 2.23. The number of pyridine rings is 1. The van der Waals surface area contributed by atoms with E-state index in [0.29, 0.717) is 5.69 Å². The summed E-state index contributed by atoms with van der Waals surface area (Å²) in [6, 6.07) is 10.2. The molecule has 0 saturated carbocycles. The van der Waals surface area contributed by atoms with Crippen molar-refractivity contribution in [3.63, 3.8) is 0 Å². The lowest BCUT2D eigenvalue weighted by molar-refractivity contribution is 0.461. The van der Waals surface area contributed by atoms with Crippen LogP contribution in [0.1, 0.15) is 11.4 Å². The zero-order valence-electron chi connectivity index (χ0n) is 11.2. The number of aromatic nitrogens is 1. The molecule has 0 unspecified atom stereocenters. The third kappa shape index (κ3) is 3.20. The summed E-state index contributed by atoms with van der Waals surface area (Å²) in [7, 11) is -2.17. The molecule has 2 rings (SSSR count). The van der Waals surface area contributed by atoms with Gasteiger partial charge in [0.25, 0.3) is 0 Å². The largest absolute Gasteiger partial charge is 0.257 e. The summed E-state index contributed by atoms with van der Waals surface area (Å²) in [4.78, 5) is 4.33. The van der Waals surface area contributed by atoms with Crippen molar-refractivity contribution in [1.29, 1.82) is 0 Å². The molecule has 0 N–H and O–H groups in total. The molecule has 0 aliphatic rings. The average Bonchev–Trinajstić information content (AvgIpc) is 2.39. The molecule has 0 amide bonds. The normalized spacial score (nSPS) is 11.8. The molecule has 0 fully saturated rings. The standard InChI is InChI=1S/C14H15FN2O2S/c1-11-4-3-5-13(16-11)10-17(2)20(18,19)14-8-6-12(15)7-9-14/h3-9H,10H2,1-2H3. The van der Waals surface area contributed by atoms with Crippen LogP contribution in [0.3, 0.4) is 0 Å². The van der Waals surface area contributed by atoms with Crippen LogP contribution >= 0.6 is 0 Å². The first-order chi connectivity index (χ1) is 9.39. The molecule has 2 aromatic rings. The number of sulfonamides is 1. The lowest BCUT2D eigenvalue weighted by Crippen LogP contribution is -2.27. The maximum atomic E-state index is 12.8. The van der Waals surface area contributed by atoms with Crippen LogP contribution in [0, 0.1) is 12.7 Å². The fourth-order valence-corrected chi connectivity index (χ4v) is 2.93. The monoisotopic (exact) mass is 294 g/mol. The van der Waals surface area contributed by atoms with Crippen LogP contribution in [-0.2, 0) is 16.6 Å². The Morgan fingerprint density at radius 2 is 1.80 bits per heavy atom. The van der Waals surface area contributed by atoms with Gasteiger partial charge in [0, 0.05) is 12.7 Å². The van der Waals surface area contributed by atoms with E-state index in [1.54, 1.807) is 6.07 Å². The van der Waals surface area contributed by atoms with Gasteiger partial charge in [-0.25, -0.2) is 12.8 Å². The first-order valence-electron chi connectivity index (χ1n) is 6.04. The quantitative estimate of drug-likeness (QED) is 0.869. The van der Waals surface area contributed by atoms with Gasteiger partial charge in [-0.2, -0.15) is 4.31 Å². The third-order valence-corrected chi connectivity index (χ3v) is 4.67. The van der Waals surface area contributed by atoms with Gasteiger partial charge in [0.2, 0.25) is 10.0 Å². The lowest BCUT2D eigenvalue weighted by atomic mass is 10.3. The van der Waals surface area contributed by atoms with E-state index in [1.807, 2.05) is 19.1 Å². The van der Waals surface area contributed by atoms with Crippen molar-refractivity contribution in [2.24, 2.45) is 0 Å². The minimum atomic E-state index is -3.64. The SMILES string of the molecule is Cc1cccc(CN(C)S(=O)(=O)c2ccc(F)cc2)n1. The Morgan fingerprint density at radius 3 is 2.40 bits per heavy atom. The molecule has 6 heteroatoms. The summed E-state index contributed by atoms with van der Waals surface area (Å²) in [5.74, 6) is -0.466. The van der Waals surface area contributed by atoms with Gasteiger partial charge in [-0.15, -0.1) is 0 Å². The van der Waals surface area contributed by atoms with E-state index < -0.39 is 15.8 Å². The molecule has 0 aliphatic heterocycles. The fraction of sp³-hybridized carbons (Fsp3) is 0.214. The highest BCUT2D eigenvalue weighted by atomic mass is 32.2. The molecule has 1 heterocycles. The third-order valence-electron chi connectivity index (χ3n) is 2.85. The molecule has 0 aliphatic carbocycles. The zero-order valence-corrected chi connectivity index (χ0v) is 12.1. The summed E-state index contributed by atoms with van der Waals surface area (Å²) < 4.78 is 38.7. The molecule has 0 radical (unpaired) electrons. The van der Waals surface area contributed by atoms with Crippen molar-refractivity contribution in [2.75, 3.05) is 7.05 Å². The number of hydrogen-bond acceptors (Lipinski definition) is 3. The highest BCUT2D eigenvalue weighted by Crippen LogP contribution is 2.16. The predicted molar refractivity (Wildman–Crippen MR) is 74.0 cm³/mol. The molecule has 20 heavy (non-hydrogen) atoms. The molecule has 4 nitrogen and oxygen atoms in total. The predicted octanol–water partition coefficient (Wildman–Crippen LogP) is 2.35. The Bertz CT molecular complexity index is 699. The fourth-order valence-electron chi connectivity index (χ4n) is 1.79. The Labute approximate surface area is 117 Å². The highest BCUT2D eigenvalue weighted by Gasteiger charge is 2.21. The second-order valence-electron chi connectivity index (χ2n) is 4.49. The van der Waals surface area contributed by atoms with Gasteiger partial charge in [-0.05, 0) is 43.3 Å². The molecule has 1 aromatic heterocycles. The minimum Gasteiger partial charge on any atom is -0.257 e. The van der Waals surface area contributed by atoms with Crippen LogP contribution in [0.25, 0.3) is 0 Å². The van der Waals surface area contributed by atoms with E-state index in [2.05, 4.69) is 4.98 Å². The number of hydrogen-bond donors (Lipinski definition) is 0. The summed E-state index contributed by atoms with van der Waals surface area (Å²) in [6.07, 6.45) is 0. The average molecular weight is 294 g/mol. The van der Waals surface area contributed by atoms with Crippen LogP contribution in [0.5, 0.6) is 0 Å².